The number of benzene rings is 1. The van der Waals surface area contributed by atoms with Crippen LogP contribution < -0.4 is 10.0 Å². The lowest BCUT2D eigenvalue weighted by molar-refractivity contribution is 0.376. The van der Waals surface area contributed by atoms with Crippen LogP contribution in [-0.2, 0) is 10.0 Å². The highest BCUT2D eigenvalue weighted by molar-refractivity contribution is 7.89. The maximum absolute atomic E-state index is 13.2. The summed E-state index contributed by atoms with van der Waals surface area (Å²) in [6.07, 6.45) is 2.07. The van der Waals surface area contributed by atoms with E-state index in [9.17, 15) is 12.8 Å². The van der Waals surface area contributed by atoms with Crippen LogP contribution in [-0.4, -0.2) is 28.1 Å². The Morgan fingerprint density at radius 1 is 1.45 bits per heavy atom. The molecule has 1 aliphatic heterocycles. The molecule has 1 aliphatic rings. The number of halogens is 2. The van der Waals surface area contributed by atoms with E-state index in [0.29, 0.717) is 18.0 Å². The van der Waals surface area contributed by atoms with Gasteiger partial charge in [0, 0.05) is 6.54 Å². The molecule has 1 heterocycles. The molecule has 0 spiro atoms. The first-order chi connectivity index (χ1) is 8.99. The van der Waals surface area contributed by atoms with E-state index in [-0.39, 0.29) is 17.3 Å². The number of aryl methyl sites for hydroxylation is 1. The third-order valence-corrected chi connectivity index (χ3v) is 4.97. The van der Waals surface area contributed by atoms with Crippen molar-refractivity contribution in [3.05, 3.63) is 29.6 Å². The van der Waals surface area contributed by atoms with E-state index in [4.69, 9.17) is 0 Å². The van der Waals surface area contributed by atoms with E-state index in [1.54, 1.807) is 6.92 Å². The van der Waals surface area contributed by atoms with Gasteiger partial charge in [0.1, 0.15) is 5.82 Å². The Morgan fingerprint density at radius 3 is 2.85 bits per heavy atom. The summed E-state index contributed by atoms with van der Waals surface area (Å²) in [6.45, 7) is 3.87. The second-order valence-corrected chi connectivity index (χ2v) is 6.71. The average molecular weight is 323 g/mol. The van der Waals surface area contributed by atoms with Crippen molar-refractivity contribution in [3.8, 4) is 0 Å². The zero-order valence-electron chi connectivity index (χ0n) is 11.4. The minimum absolute atomic E-state index is 0. The Labute approximate surface area is 125 Å². The number of piperidine rings is 1. The number of hydrogen-bond donors (Lipinski definition) is 2. The van der Waals surface area contributed by atoms with Gasteiger partial charge in [-0.05, 0) is 56.5 Å². The van der Waals surface area contributed by atoms with Crippen molar-refractivity contribution < 1.29 is 12.8 Å². The fourth-order valence-electron chi connectivity index (χ4n) is 2.27. The Morgan fingerprint density at radius 2 is 2.20 bits per heavy atom. The molecule has 4 nitrogen and oxygen atoms in total. The van der Waals surface area contributed by atoms with Gasteiger partial charge in [-0.1, -0.05) is 6.07 Å². The third kappa shape index (κ3) is 4.41. The van der Waals surface area contributed by atoms with E-state index >= 15 is 0 Å². The van der Waals surface area contributed by atoms with Gasteiger partial charge in [0.25, 0.3) is 0 Å². The predicted molar refractivity (Wildman–Crippen MR) is 79.2 cm³/mol. The summed E-state index contributed by atoms with van der Waals surface area (Å²) >= 11 is 0. The molecule has 7 heteroatoms. The first kappa shape index (κ1) is 17.4. The SMILES string of the molecule is Cc1ccc(F)cc1S(=O)(=O)NCC1CCCNC1.Cl. The zero-order valence-corrected chi connectivity index (χ0v) is 13.0. The van der Waals surface area contributed by atoms with Crippen LogP contribution in [0.2, 0.25) is 0 Å². The van der Waals surface area contributed by atoms with Gasteiger partial charge in [-0.2, -0.15) is 0 Å². The second kappa shape index (κ2) is 7.36. The number of nitrogens with one attached hydrogen (secondary N) is 2. The van der Waals surface area contributed by atoms with Gasteiger partial charge in [-0.25, -0.2) is 17.5 Å². The van der Waals surface area contributed by atoms with E-state index in [1.165, 1.54) is 12.1 Å². The Hall–Kier alpha value is -0.690. The third-order valence-electron chi connectivity index (χ3n) is 3.40. The van der Waals surface area contributed by atoms with E-state index < -0.39 is 15.8 Å². The molecule has 114 valence electrons. The lowest BCUT2D eigenvalue weighted by Crippen LogP contribution is -2.38. The summed E-state index contributed by atoms with van der Waals surface area (Å²) < 4.78 is 40.0. The minimum atomic E-state index is -3.63. The van der Waals surface area contributed by atoms with Crippen LogP contribution in [0, 0.1) is 18.7 Å². The molecule has 0 radical (unpaired) electrons. The van der Waals surface area contributed by atoms with Crippen molar-refractivity contribution in [2.75, 3.05) is 19.6 Å². The van der Waals surface area contributed by atoms with E-state index in [1.807, 2.05) is 0 Å². The molecule has 2 N–H and O–H groups in total. The van der Waals surface area contributed by atoms with E-state index in [2.05, 4.69) is 10.0 Å². The van der Waals surface area contributed by atoms with Crippen molar-refractivity contribution in [2.45, 2.75) is 24.7 Å². The highest BCUT2D eigenvalue weighted by atomic mass is 35.5. The fourth-order valence-corrected chi connectivity index (χ4v) is 3.64. The normalized spacial score (nSPS) is 19.4. The first-order valence-corrected chi connectivity index (χ1v) is 7.94. The second-order valence-electron chi connectivity index (χ2n) is 4.97. The number of rotatable bonds is 4. The predicted octanol–water partition coefficient (Wildman–Crippen LogP) is 1.83. The summed E-state index contributed by atoms with van der Waals surface area (Å²) in [6, 6.07) is 3.81. The molecule has 0 bridgehead atoms. The molecule has 1 saturated heterocycles. The van der Waals surface area contributed by atoms with Gasteiger partial charge in [-0.15, -0.1) is 12.4 Å². The monoisotopic (exact) mass is 322 g/mol. The largest absolute Gasteiger partial charge is 0.316 e. The molecule has 2 rings (SSSR count). The van der Waals surface area contributed by atoms with Crippen molar-refractivity contribution in [1.29, 1.82) is 0 Å². The van der Waals surface area contributed by atoms with Crippen molar-refractivity contribution in [3.63, 3.8) is 0 Å². The van der Waals surface area contributed by atoms with Crippen LogP contribution in [0.3, 0.4) is 0 Å². The van der Waals surface area contributed by atoms with Gasteiger partial charge in [0.15, 0.2) is 0 Å². The lowest BCUT2D eigenvalue weighted by Gasteiger charge is -2.23. The molecular weight excluding hydrogens is 303 g/mol. The van der Waals surface area contributed by atoms with Gasteiger partial charge in [-0.3, -0.25) is 0 Å². The smallest absolute Gasteiger partial charge is 0.240 e. The van der Waals surface area contributed by atoms with Crippen LogP contribution in [0.5, 0.6) is 0 Å². The summed E-state index contributed by atoms with van der Waals surface area (Å²) in [7, 11) is -3.63. The van der Waals surface area contributed by atoms with Gasteiger partial charge in [0.05, 0.1) is 4.90 Å². The van der Waals surface area contributed by atoms with Crippen LogP contribution in [0.4, 0.5) is 4.39 Å². The molecule has 0 amide bonds. The Kier molecular flexibility index (Phi) is 6.39. The van der Waals surface area contributed by atoms with Crippen LogP contribution in [0.25, 0.3) is 0 Å². The maximum Gasteiger partial charge on any atom is 0.240 e. The summed E-state index contributed by atoms with van der Waals surface area (Å²) in [4.78, 5) is 0.0243. The summed E-state index contributed by atoms with van der Waals surface area (Å²) in [5, 5.41) is 3.24. The van der Waals surface area contributed by atoms with Crippen molar-refractivity contribution >= 4 is 22.4 Å². The maximum atomic E-state index is 13.2. The number of sulfonamides is 1. The summed E-state index contributed by atoms with van der Waals surface area (Å²) in [5.41, 5.74) is 0.552. The quantitative estimate of drug-likeness (QED) is 0.889. The number of hydrogen-bond acceptors (Lipinski definition) is 3. The standard InChI is InChI=1S/C13H19FN2O2S.ClH/c1-10-4-5-12(14)7-13(10)19(17,18)16-9-11-3-2-6-15-8-11;/h4-5,7,11,15-16H,2-3,6,8-9H2,1H3;1H. The molecular formula is C13H20ClFN2O2S. The highest BCUT2D eigenvalue weighted by Crippen LogP contribution is 2.17. The van der Waals surface area contributed by atoms with Crippen LogP contribution in [0.1, 0.15) is 18.4 Å². The van der Waals surface area contributed by atoms with Gasteiger partial charge < -0.3 is 5.32 Å². The summed E-state index contributed by atoms with van der Waals surface area (Å²) in [5.74, 6) is -0.234. The molecule has 0 aliphatic carbocycles. The van der Waals surface area contributed by atoms with Crippen LogP contribution >= 0.6 is 12.4 Å². The molecule has 1 atom stereocenters. The van der Waals surface area contributed by atoms with E-state index in [0.717, 1.165) is 32.0 Å². The lowest BCUT2D eigenvalue weighted by atomic mass is 10.0. The van der Waals surface area contributed by atoms with Gasteiger partial charge >= 0.3 is 0 Å². The zero-order chi connectivity index (χ0) is 13.9. The average Bonchev–Trinajstić information content (AvgIpc) is 2.40. The molecule has 0 aromatic heterocycles. The molecule has 0 saturated carbocycles. The first-order valence-electron chi connectivity index (χ1n) is 6.45. The fraction of sp³-hybridized carbons (Fsp3) is 0.538. The van der Waals surface area contributed by atoms with Crippen molar-refractivity contribution in [2.24, 2.45) is 5.92 Å². The molecule has 1 aromatic rings. The molecule has 20 heavy (non-hydrogen) atoms. The molecule has 1 aromatic carbocycles. The topological polar surface area (TPSA) is 58.2 Å². The van der Waals surface area contributed by atoms with Crippen molar-refractivity contribution in [1.82, 2.24) is 10.0 Å². The Bertz CT molecular complexity index is 545. The minimum Gasteiger partial charge on any atom is -0.316 e. The highest BCUT2D eigenvalue weighted by Gasteiger charge is 2.20. The molecule has 1 unspecified atom stereocenters. The van der Waals surface area contributed by atoms with Crippen LogP contribution in [0.15, 0.2) is 23.1 Å². The molecule has 1 fully saturated rings. The Balaban J connectivity index is 0.00000200. The van der Waals surface area contributed by atoms with Gasteiger partial charge in [0.2, 0.25) is 10.0 Å².